The first-order valence-electron chi connectivity index (χ1n) is 12.4. The molecule has 3 aliphatic heterocycles. The van der Waals surface area contributed by atoms with E-state index in [0.717, 1.165) is 31.8 Å². The van der Waals surface area contributed by atoms with Crippen LogP contribution >= 0.6 is 0 Å². The molecule has 3 heterocycles. The third kappa shape index (κ3) is 5.10. The molecule has 1 fully saturated rings. The summed E-state index contributed by atoms with van der Waals surface area (Å²) in [6, 6.07) is 11.7. The summed E-state index contributed by atoms with van der Waals surface area (Å²) in [5.74, 6) is -0.270. The number of hydrogen-bond acceptors (Lipinski definition) is 5. The average molecular weight is 526 g/mol. The largest absolute Gasteiger partial charge is 0.416 e. The van der Waals surface area contributed by atoms with E-state index in [-0.39, 0.29) is 18.1 Å². The molecule has 8 nitrogen and oxygen atoms in total. The molecule has 3 aliphatic rings. The number of nitrogens with one attached hydrogen (secondary N) is 1. The van der Waals surface area contributed by atoms with E-state index < -0.39 is 23.8 Å². The number of urea groups is 1. The number of nitrogens with zero attached hydrogens (tertiary/aromatic N) is 4. The van der Waals surface area contributed by atoms with E-state index in [1.807, 2.05) is 6.07 Å². The van der Waals surface area contributed by atoms with Gasteiger partial charge in [0.2, 0.25) is 0 Å². The number of halogens is 3. The van der Waals surface area contributed by atoms with Crippen LogP contribution in [-0.2, 0) is 15.7 Å². The summed E-state index contributed by atoms with van der Waals surface area (Å²) < 4.78 is 45.7. The minimum Gasteiger partial charge on any atom is -0.379 e. The van der Waals surface area contributed by atoms with Gasteiger partial charge < -0.3 is 15.0 Å². The minimum atomic E-state index is -4.58. The van der Waals surface area contributed by atoms with Crippen molar-refractivity contribution in [3.05, 3.63) is 76.5 Å². The lowest BCUT2D eigenvalue weighted by Gasteiger charge is -2.34. The summed E-state index contributed by atoms with van der Waals surface area (Å²) in [5, 5.41) is 11.9. The number of nitriles is 1. The number of benzene rings is 2. The lowest BCUT2D eigenvalue weighted by Crippen LogP contribution is -2.47. The van der Waals surface area contributed by atoms with E-state index in [4.69, 9.17) is 10.00 Å². The van der Waals surface area contributed by atoms with Gasteiger partial charge in [-0.1, -0.05) is 18.2 Å². The molecule has 0 aliphatic carbocycles. The summed E-state index contributed by atoms with van der Waals surface area (Å²) in [6.45, 7) is 4.32. The second-order valence-electron chi connectivity index (χ2n) is 9.39. The van der Waals surface area contributed by atoms with Gasteiger partial charge in [-0.3, -0.25) is 14.6 Å². The van der Waals surface area contributed by atoms with Gasteiger partial charge in [-0.05, 0) is 42.3 Å². The van der Waals surface area contributed by atoms with Crippen molar-refractivity contribution in [1.82, 2.24) is 15.1 Å². The molecule has 2 aromatic rings. The van der Waals surface area contributed by atoms with E-state index in [1.165, 1.54) is 17.0 Å². The highest BCUT2D eigenvalue weighted by Gasteiger charge is 2.45. The van der Waals surface area contributed by atoms with Gasteiger partial charge in [0.1, 0.15) is 0 Å². The molecule has 38 heavy (non-hydrogen) atoms. The fourth-order valence-electron chi connectivity index (χ4n) is 5.08. The second kappa shape index (κ2) is 10.5. The van der Waals surface area contributed by atoms with Gasteiger partial charge in [-0.25, -0.2) is 4.79 Å². The van der Waals surface area contributed by atoms with Gasteiger partial charge in [0, 0.05) is 26.2 Å². The summed E-state index contributed by atoms with van der Waals surface area (Å²) in [6.07, 6.45) is -3.87. The third-order valence-electron chi connectivity index (χ3n) is 7.01. The fraction of sp³-hybridized carbons (Fsp3) is 0.370. The van der Waals surface area contributed by atoms with E-state index in [2.05, 4.69) is 10.2 Å². The molecule has 2 aromatic carbocycles. The van der Waals surface area contributed by atoms with Gasteiger partial charge in [-0.2, -0.15) is 18.4 Å². The molecule has 0 radical (unpaired) electrons. The third-order valence-corrected chi connectivity index (χ3v) is 7.01. The molecular formula is C27H26F3N5O3. The Hall–Kier alpha value is -3.88. The van der Waals surface area contributed by atoms with Crippen molar-refractivity contribution in [2.45, 2.75) is 18.6 Å². The van der Waals surface area contributed by atoms with Gasteiger partial charge >= 0.3 is 12.2 Å². The maximum atomic E-state index is 13.7. The molecule has 0 aromatic heterocycles. The van der Waals surface area contributed by atoms with Crippen molar-refractivity contribution in [3.8, 4) is 6.07 Å². The Bertz CT molecular complexity index is 1300. The predicted molar refractivity (Wildman–Crippen MR) is 132 cm³/mol. The highest BCUT2D eigenvalue weighted by Crippen LogP contribution is 2.40. The average Bonchev–Trinajstić information content (AvgIpc) is 3.24. The summed E-state index contributed by atoms with van der Waals surface area (Å²) >= 11 is 0. The molecule has 0 saturated carbocycles. The smallest absolute Gasteiger partial charge is 0.379 e. The molecule has 0 spiro atoms. The molecule has 3 amide bonds. The Kier molecular flexibility index (Phi) is 7.10. The molecule has 0 bridgehead atoms. The maximum absolute atomic E-state index is 13.7. The van der Waals surface area contributed by atoms with Crippen molar-refractivity contribution in [3.63, 3.8) is 0 Å². The number of anilines is 1. The number of rotatable bonds is 6. The molecule has 0 unspecified atom stereocenters. The highest BCUT2D eigenvalue weighted by atomic mass is 19.4. The molecular weight excluding hydrogens is 499 g/mol. The van der Waals surface area contributed by atoms with Crippen LogP contribution < -0.4 is 10.2 Å². The van der Waals surface area contributed by atoms with Crippen molar-refractivity contribution in [2.75, 3.05) is 50.8 Å². The van der Waals surface area contributed by atoms with Gasteiger partial charge in [0.05, 0.1) is 60.0 Å². The van der Waals surface area contributed by atoms with Crippen molar-refractivity contribution >= 4 is 17.6 Å². The van der Waals surface area contributed by atoms with Crippen LogP contribution in [0.15, 0.2) is 59.8 Å². The van der Waals surface area contributed by atoms with Crippen LogP contribution in [0.4, 0.5) is 23.7 Å². The SMILES string of the molecule is N#Cc1ccc([C@H]2NC(=O)N(c3cccc(C(F)(F)F)c3)C3=C2C(=O)N(CCCN2CCOCC2)C3)cc1. The van der Waals surface area contributed by atoms with E-state index in [1.54, 1.807) is 29.2 Å². The number of morpholine rings is 1. The number of ether oxygens (including phenoxy) is 1. The van der Waals surface area contributed by atoms with Crippen molar-refractivity contribution in [1.29, 1.82) is 5.26 Å². The number of carbonyl (C=O) groups is 2. The Morgan fingerprint density at radius 1 is 1.05 bits per heavy atom. The first kappa shape index (κ1) is 25.8. The fourth-order valence-corrected chi connectivity index (χ4v) is 5.08. The number of hydrogen-bond donors (Lipinski definition) is 1. The summed E-state index contributed by atoms with van der Waals surface area (Å²) in [7, 11) is 0. The molecule has 1 N–H and O–H groups in total. The topological polar surface area (TPSA) is 88.9 Å². The van der Waals surface area contributed by atoms with E-state index >= 15 is 0 Å². The van der Waals surface area contributed by atoms with Gasteiger partial charge in [-0.15, -0.1) is 0 Å². The van der Waals surface area contributed by atoms with Crippen LogP contribution in [-0.4, -0.2) is 67.7 Å². The van der Waals surface area contributed by atoms with Crippen LogP contribution in [0, 0.1) is 11.3 Å². The second-order valence-corrected chi connectivity index (χ2v) is 9.39. The van der Waals surface area contributed by atoms with Crippen LogP contribution in [0.1, 0.15) is 29.2 Å². The number of amides is 3. The molecule has 5 rings (SSSR count). The zero-order valence-corrected chi connectivity index (χ0v) is 20.5. The monoisotopic (exact) mass is 525 g/mol. The number of carbonyl (C=O) groups excluding carboxylic acids is 2. The van der Waals surface area contributed by atoms with E-state index in [0.29, 0.717) is 48.6 Å². The van der Waals surface area contributed by atoms with Crippen molar-refractivity contribution in [2.24, 2.45) is 0 Å². The van der Waals surface area contributed by atoms with Crippen LogP contribution in [0.25, 0.3) is 0 Å². The Balaban J connectivity index is 1.46. The zero-order valence-electron chi connectivity index (χ0n) is 20.5. The Morgan fingerprint density at radius 2 is 1.79 bits per heavy atom. The zero-order chi connectivity index (χ0) is 26.9. The molecule has 1 saturated heterocycles. The Morgan fingerprint density at radius 3 is 2.47 bits per heavy atom. The first-order valence-corrected chi connectivity index (χ1v) is 12.4. The molecule has 198 valence electrons. The van der Waals surface area contributed by atoms with Crippen LogP contribution in [0.3, 0.4) is 0 Å². The summed E-state index contributed by atoms with van der Waals surface area (Å²) in [5.41, 5.74) is 0.865. The van der Waals surface area contributed by atoms with Crippen LogP contribution in [0.5, 0.6) is 0 Å². The van der Waals surface area contributed by atoms with Crippen molar-refractivity contribution < 1.29 is 27.5 Å². The maximum Gasteiger partial charge on any atom is 0.416 e. The summed E-state index contributed by atoms with van der Waals surface area (Å²) in [4.78, 5) is 32.1. The predicted octanol–water partition coefficient (Wildman–Crippen LogP) is 3.67. The first-order chi connectivity index (χ1) is 18.3. The minimum absolute atomic E-state index is 0.0334. The lowest BCUT2D eigenvalue weighted by atomic mass is 9.94. The molecule has 1 atom stereocenters. The lowest BCUT2D eigenvalue weighted by molar-refractivity contribution is -0.137. The Labute approximate surface area is 217 Å². The normalized spacial score (nSPS) is 20.4. The standard InChI is InChI=1S/C27H26F3N5O3/c28-27(29,30)20-3-1-4-21(15-20)35-22-17-34(10-2-9-33-11-13-38-14-12-33)25(36)23(22)24(32-26(35)37)19-7-5-18(16-31)6-8-19/h1,3-8,15,24H,2,9-14,17H2,(H,32,37)/t24-/m1/s1. The highest BCUT2D eigenvalue weighted by molar-refractivity contribution is 6.07. The molecule has 11 heteroatoms. The van der Waals surface area contributed by atoms with E-state index in [9.17, 15) is 22.8 Å². The van der Waals surface area contributed by atoms with Gasteiger partial charge in [0.25, 0.3) is 5.91 Å². The van der Waals surface area contributed by atoms with Gasteiger partial charge in [0.15, 0.2) is 0 Å². The number of alkyl halides is 3. The van der Waals surface area contributed by atoms with Crippen LogP contribution in [0.2, 0.25) is 0 Å². The quantitative estimate of drug-likeness (QED) is 0.622.